The summed E-state index contributed by atoms with van der Waals surface area (Å²) in [4.78, 5) is 0.293. The number of rotatable bonds is 8. The Bertz CT molecular complexity index is 556. The second-order valence-corrected chi connectivity index (χ2v) is 7.12. The number of nitrogens with one attached hydrogen (secondary N) is 1. The van der Waals surface area contributed by atoms with Crippen LogP contribution < -0.4 is 10.5 Å². The van der Waals surface area contributed by atoms with Crippen molar-refractivity contribution in [3.05, 3.63) is 29.3 Å². The number of ether oxygens (including phenoxy) is 1. The molecule has 0 aliphatic heterocycles. The van der Waals surface area contributed by atoms with Crippen molar-refractivity contribution >= 4 is 10.0 Å². The minimum atomic E-state index is -3.56. The Kier molecular flexibility index (Phi) is 6.80. The number of hydrogen-bond donors (Lipinski definition) is 2. The Hall–Kier alpha value is -0.950. The molecule has 0 spiro atoms. The molecule has 0 amide bonds. The van der Waals surface area contributed by atoms with Gasteiger partial charge in [0.15, 0.2) is 0 Å². The molecule has 6 heteroatoms. The molecular weight excluding hydrogens is 288 g/mol. The fraction of sp³-hybridized carbons (Fsp3) is 0.600. The highest BCUT2D eigenvalue weighted by Gasteiger charge is 2.24. The fourth-order valence-corrected chi connectivity index (χ4v) is 3.61. The number of aryl methyl sites for hydroxylation is 1. The number of hydrogen-bond acceptors (Lipinski definition) is 4. The highest BCUT2D eigenvalue weighted by Crippen LogP contribution is 2.18. The molecule has 0 radical (unpaired) electrons. The van der Waals surface area contributed by atoms with Crippen molar-refractivity contribution in [3.8, 4) is 0 Å². The van der Waals surface area contributed by atoms with Gasteiger partial charge in [-0.05, 0) is 37.0 Å². The first-order chi connectivity index (χ1) is 9.81. The summed E-state index contributed by atoms with van der Waals surface area (Å²) in [6, 6.07) is 4.91. The maximum atomic E-state index is 12.5. The van der Waals surface area contributed by atoms with Gasteiger partial charge in [0.2, 0.25) is 10.0 Å². The van der Waals surface area contributed by atoms with E-state index in [2.05, 4.69) is 4.72 Å². The summed E-state index contributed by atoms with van der Waals surface area (Å²) in [5, 5.41) is 0. The lowest BCUT2D eigenvalue weighted by Gasteiger charge is -2.22. The minimum Gasteiger partial charge on any atom is -0.380 e. The van der Waals surface area contributed by atoms with Gasteiger partial charge in [-0.3, -0.25) is 0 Å². The summed E-state index contributed by atoms with van der Waals surface area (Å²) < 4.78 is 33.2. The zero-order chi connectivity index (χ0) is 16.0. The van der Waals surface area contributed by atoms with Crippen molar-refractivity contribution in [2.24, 2.45) is 11.7 Å². The Morgan fingerprint density at radius 2 is 2.00 bits per heavy atom. The second kappa shape index (κ2) is 7.89. The third-order valence-electron chi connectivity index (χ3n) is 3.38. The van der Waals surface area contributed by atoms with Gasteiger partial charge in [-0.15, -0.1) is 0 Å². The lowest BCUT2D eigenvalue weighted by molar-refractivity contribution is 0.116. The van der Waals surface area contributed by atoms with E-state index in [-0.39, 0.29) is 12.0 Å². The summed E-state index contributed by atoms with van der Waals surface area (Å²) in [6.45, 7) is 8.94. The molecule has 0 bridgehead atoms. The van der Waals surface area contributed by atoms with E-state index in [1.165, 1.54) is 0 Å². The highest BCUT2D eigenvalue weighted by molar-refractivity contribution is 7.89. The first kappa shape index (κ1) is 18.1. The second-order valence-electron chi connectivity index (χ2n) is 5.44. The molecule has 1 unspecified atom stereocenters. The van der Waals surface area contributed by atoms with Crippen LogP contribution in [0, 0.1) is 12.8 Å². The van der Waals surface area contributed by atoms with Crippen LogP contribution in [0.5, 0.6) is 0 Å². The van der Waals surface area contributed by atoms with E-state index in [0.717, 1.165) is 5.56 Å². The lowest BCUT2D eigenvalue weighted by Crippen LogP contribution is -2.42. The first-order valence-corrected chi connectivity index (χ1v) is 8.69. The average Bonchev–Trinajstić information content (AvgIpc) is 2.42. The summed E-state index contributed by atoms with van der Waals surface area (Å²) in [6.07, 6.45) is 0. The van der Waals surface area contributed by atoms with Gasteiger partial charge in [-0.1, -0.05) is 26.0 Å². The third-order valence-corrected chi connectivity index (χ3v) is 5.03. The lowest BCUT2D eigenvalue weighted by atomic mass is 10.1. The van der Waals surface area contributed by atoms with Crippen LogP contribution in [0.25, 0.3) is 0 Å². The molecule has 0 aliphatic carbocycles. The predicted octanol–water partition coefficient (Wildman–Crippen LogP) is 1.79. The molecule has 1 aromatic rings. The van der Waals surface area contributed by atoms with Gasteiger partial charge in [0.05, 0.1) is 11.5 Å². The highest BCUT2D eigenvalue weighted by atomic mass is 32.2. The van der Waals surface area contributed by atoms with Crippen molar-refractivity contribution in [1.29, 1.82) is 0 Å². The Labute approximate surface area is 127 Å². The van der Waals surface area contributed by atoms with Crippen molar-refractivity contribution in [2.45, 2.75) is 45.2 Å². The Morgan fingerprint density at radius 3 is 2.48 bits per heavy atom. The predicted molar refractivity (Wildman–Crippen MR) is 84.5 cm³/mol. The van der Waals surface area contributed by atoms with Crippen LogP contribution in [-0.4, -0.2) is 27.7 Å². The van der Waals surface area contributed by atoms with Crippen LogP contribution in [0.1, 0.15) is 31.9 Å². The van der Waals surface area contributed by atoms with Crippen LogP contribution >= 0.6 is 0 Å². The van der Waals surface area contributed by atoms with Crippen LogP contribution in [0.4, 0.5) is 0 Å². The van der Waals surface area contributed by atoms with Crippen molar-refractivity contribution in [2.75, 3.05) is 13.2 Å². The first-order valence-electron chi connectivity index (χ1n) is 7.21. The zero-order valence-electron chi connectivity index (χ0n) is 13.2. The summed E-state index contributed by atoms with van der Waals surface area (Å²) in [5.74, 6) is 0.148. The van der Waals surface area contributed by atoms with Gasteiger partial charge in [0, 0.05) is 19.2 Å². The van der Waals surface area contributed by atoms with Crippen LogP contribution in [0.2, 0.25) is 0 Å². The maximum absolute atomic E-state index is 12.5. The van der Waals surface area contributed by atoms with E-state index in [9.17, 15) is 8.42 Å². The van der Waals surface area contributed by atoms with Crippen LogP contribution in [-0.2, 0) is 21.3 Å². The van der Waals surface area contributed by atoms with Gasteiger partial charge < -0.3 is 10.5 Å². The van der Waals surface area contributed by atoms with Gasteiger partial charge in [0.25, 0.3) is 0 Å². The molecule has 1 rings (SSSR count). The molecule has 1 atom stereocenters. The summed E-state index contributed by atoms with van der Waals surface area (Å²) >= 11 is 0. The zero-order valence-corrected chi connectivity index (χ0v) is 14.0. The topological polar surface area (TPSA) is 81.4 Å². The van der Waals surface area contributed by atoms with E-state index < -0.39 is 10.0 Å². The summed E-state index contributed by atoms with van der Waals surface area (Å²) in [5.41, 5.74) is 7.19. The van der Waals surface area contributed by atoms with E-state index in [1.807, 2.05) is 26.8 Å². The molecule has 0 aliphatic rings. The Morgan fingerprint density at radius 1 is 1.33 bits per heavy atom. The molecule has 0 saturated carbocycles. The van der Waals surface area contributed by atoms with Crippen molar-refractivity contribution in [1.82, 2.24) is 4.72 Å². The minimum absolute atomic E-state index is 0.148. The van der Waals surface area contributed by atoms with Gasteiger partial charge in [0.1, 0.15) is 0 Å². The van der Waals surface area contributed by atoms with Crippen molar-refractivity contribution < 1.29 is 13.2 Å². The number of sulfonamides is 1. The molecule has 1 aromatic carbocycles. The quantitative estimate of drug-likeness (QED) is 0.766. The molecule has 0 aromatic heterocycles. The largest absolute Gasteiger partial charge is 0.380 e. The number of nitrogens with two attached hydrogens (primary N) is 1. The smallest absolute Gasteiger partial charge is 0.241 e. The maximum Gasteiger partial charge on any atom is 0.241 e. The monoisotopic (exact) mass is 314 g/mol. The fourth-order valence-electron chi connectivity index (χ4n) is 2.01. The van der Waals surface area contributed by atoms with Gasteiger partial charge >= 0.3 is 0 Å². The Balaban J connectivity index is 2.99. The molecule has 0 fully saturated rings. The normalized spacial score (nSPS) is 13.6. The SMILES string of the molecule is CCOCC(NS(=O)(=O)c1ccc(CN)cc1C)C(C)C. The van der Waals surface area contributed by atoms with Gasteiger partial charge in [-0.2, -0.15) is 0 Å². The van der Waals surface area contributed by atoms with E-state index in [4.69, 9.17) is 10.5 Å². The standard InChI is InChI=1S/C15H26N2O3S/c1-5-20-10-14(11(2)3)17-21(18,19)15-7-6-13(9-16)8-12(15)4/h6-8,11,14,17H,5,9-10,16H2,1-4H3. The van der Waals surface area contributed by atoms with Crippen LogP contribution in [0.3, 0.4) is 0 Å². The third kappa shape index (κ3) is 5.07. The molecule has 0 heterocycles. The van der Waals surface area contributed by atoms with E-state index in [1.54, 1.807) is 19.1 Å². The summed E-state index contributed by atoms with van der Waals surface area (Å²) in [7, 11) is -3.56. The van der Waals surface area contributed by atoms with Gasteiger partial charge in [-0.25, -0.2) is 13.1 Å². The average molecular weight is 314 g/mol. The molecule has 0 saturated heterocycles. The van der Waals surface area contributed by atoms with Crippen molar-refractivity contribution in [3.63, 3.8) is 0 Å². The molecule has 21 heavy (non-hydrogen) atoms. The molecule has 5 nitrogen and oxygen atoms in total. The van der Waals surface area contributed by atoms with E-state index >= 15 is 0 Å². The molecular formula is C15H26N2O3S. The number of benzene rings is 1. The molecule has 3 N–H and O–H groups in total. The van der Waals surface area contributed by atoms with Crippen LogP contribution in [0.15, 0.2) is 23.1 Å². The molecule has 120 valence electrons. The van der Waals surface area contributed by atoms with E-state index in [0.29, 0.717) is 30.2 Å².